The zero-order valence-corrected chi connectivity index (χ0v) is 18.4. The first-order chi connectivity index (χ1) is 14.7. The number of nitrogens with two attached hydrogens (primary N) is 2. The molecule has 0 heterocycles. The Morgan fingerprint density at radius 2 is 1.68 bits per heavy atom. The predicted molar refractivity (Wildman–Crippen MR) is 119 cm³/mol. The van der Waals surface area contributed by atoms with Crippen LogP contribution in [0.5, 0.6) is 5.75 Å². The zero-order valence-electron chi connectivity index (χ0n) is 18.4. The SMILES string of the molecule is CCN(CC)C(=O)[C@H](Cc1ccc(O)cc1)NC(=O)[C@H](CCCN=C(N)N)NC(C)=O. The van der Waals surface area contributed by atoms with Gasteiger partial charge >= 0.3 is 0 Å². The van der Waals surface area contributed by atoms with Gasteiger partial charge in [0, 0.05) is 33.0 Å². The van der Waals surface area contributed by atoms with Crippen molar-refractivity contribution in [2.24, 2.45) is 16.5 Å². The minimum atomic E-state index is -0.821. The fourth-order valence-corrected chi connectivity index (χ4v) is 3.11. The largest absolute Gasteiger partial charge is 0.508 e. The molecule has 0 fully saturated rings. The monoisotopic (exact) mass is 434 g/mol. The van der Waals surface area contributed by atoms with E-state index in [2.05, 4.69) is 15.6 Å². The number of hydrogen-bond acceptors (Lipinski definition) is 5. The van der Waals surface area contributed by atoms with Gasteiger partial charge in [-0.15, -0.1) is 0 Å². The number of likely N-dealkylation sites (N-methyl/N-ethyl adjacent to an activating group) is 1. The van der Waals surface area contributed by atoms with Gasteiger partial charge < -0.3 is 32.1 Å². The van der Waals surface area contributed by atoms with E-state index in [0.717, 1.165) is 5.56 Å². The average molecular weight is 435 g/mol. The maximum absolute atomic E-state index is 13.0. The van der Waals surface area contributed by atoms with Crippen LogP contribution < -0.4 is 22.1 Å². The van der Waals surface area contributed by atoms with Crippen LogP contribution in [-0.4, -0.2) is 65.4 Å². The summed E-state index contributed by atoms with van der Waals surface area (Å²) < 4.78 is 0. The predicted octanol–water partition coefficient (Wildman–Crippen LogP) is -0.154. The Labute approximate surface area is 183 Å². The highest BCUT2D eigenvalue weighted by atomic mass is 16.3. The third kappa shape index (κ3) is 9.37. The summed E-state index contributed by atoms with van der Waals surface area (Å²) in [6.07, 6.45) is 1.04. The number of rotatable bonds is 12. The molecule has 1 aromatic carbocycles. The van der Waals surface area contributed by atoms with Gasteiger partial charge in [-0.2, -0.15) is 0 Å². The van der Waals surface area contributed by atoms with E-state index in [-0.39, 0.29) is 29.9 Å². The van der Waals surface area contributed by atoms with E-state index in [1.807, 2.05) is 13.8 Å². The van der Waals surface area contributed by atoms with Crippen molar-refractivity contribution in [2.75, 3.05) is 19.6 Å². The summed E-state index contributed by atoms with van der Waals surface area (Å²) in [5.74, 6) is -0.949. The van der Waals surface area contributed by atoms with E-state index in [1.54, 1.807) is 17.0 Å². The smallest absolute Gasteiger partial charge is 0.245 e. The van der Waals surface area contributed by atoms with E-state index in [0.29, 0.717) is 32.5 Å². The van der Waals surface area contributed by atoms with Crippen molar-refractivity contribution in [1.82, 2.24) is 15.5 Å². The lowest BCUT2D eigenvalue weighted by atomic mass is 10.0. The van der Waals surface area contributed by atoms with Crippen LogP contribution in [0.15, 0.2) is 29.3 Å². The third-order valence-electron chi connectivity index (χ3n) is 4.71. The molecule has 3 amide bonds. The van der Waals surface area contributed by atoms with Gasteiger partial charge in [0.05, 0.1) is 0 Å². The van der Waals surface area contributed by atoms with Crippen LogP contribution in [-0.2, 0) is 20.8 Å². The van der Waals surface area contributed by atoms with Crippen LogP contribution in [0.1, 0.15) is 39.2 Å². The molecule has 31 heavy (non-hydrogen) atoms. The van der Waals surface area contributed by atoms with E-state index in [1.165, 1.54) is 19.1 Å². The quantitative estimate of drug-likeness (QED) is 0.174. The zero-order chi connectivity index (χ0) is 23.4. The van der Waals surface area contributed by atoms with Gasteiger partial charge in [-0.3, -0.25) is 19.4 Å². The maximum atomic E-state index is 13.0. The van der Waals surface area contributed by atoms with E-state index in [4.69, 9.17) is 11.5 Å². The van der Waals surface area contributed by atoms with E-state index in [9.17, 15) is 19.5 Å². The van der Waals surface area contributed by atoms with Gasteiger partial charge in [-0.25, -0.2) is 0 Å². The second-order valence-corrected chi connectivity index (χ2v) is 7.14. The van der Waals surface area contributed by atoms with Crippen molar-refractivity contribution < 1.29 is 19.5 Å². The molecule has 10 nitrogen and oxygen atoms in total. The Balaban J connectivity index is 2.99. The molecule has 0 aliphatic heterocycles. The molecule has 2 atom stereocenters. The first-order valence-corrected chi connectivity index (χ1v) is 10.4. The van der Waals surface area contributed by atoms with Gasteiger partial charge in [0.2, 0.25) is 17.7 Å². The molecule has 0 saturated carbocycles. The fraction of sp³-hybridized carbons (Fsp3) is 0.524. The highest BCUT2D eigenvalue weighted by Gasteiger charge is 2.28. The molecular formula is C21H34N6O4. The molecule has 0 spiro atoms. The molecule has 0 bridgehead atoms. The second kappa shape index (κ2) is 13.1. The number of carbonyl (C=O) groups excluding carboxylic acids is 3. The summed E-state index contributed by atoms with van der Waals surface area (Å²) in [4.78, 5) is 43.1. The minimum absolute atomic E-state index is 0.0423. The van der Waals surface area contributed by atoms with Crippen molar-refractivity contribution in [3.63, 3.8) is 0 Å². The Morgan fingerprint density at radius 1 is 1.06 bits per heavy atom. The molecule has 172 valence electrons. The number of nitrogens with one attached hydrogen (secondary N) is 2. The molecule has 1 rings (SSSR count). The Kier molecular flexibility index (Phi) is 10.9. The van der Waals surface area contributed by atoms with Gasteiger partial charge in [0.15, 0.2) is 5.96 Å². The summed E-state index contributed by atoms with van der Waals surface area (Å²) in [6, 6.07) is 4.82. The number of benzene rings is 1. The first kappa shape index (κ1) is 25.7. The van der Waals surface area contributed by atoms with Crippen LogP contribution in [0, 0.1) is 0 Å². The molecule has 0 aromatic heterocycles. The normalized spacial score (nSPS) is 12.4. The maximum Gasteiger partial charge on any atom is 0.245 e. The lowest BCUT2D eigenvalue weighted by Crippen LogP contribution is -2.55. The lowest BCUT2D eigenvalue weighted by Gasteiger charge is -2.27. The van der Waals surface area contributed by atoms with Crippen molar-refractivity contribution in [2.45, 2.75) is 52.1 Å². The van der Waals surface area contributed by atoms with Crippen LogP contribution >= 0.6 is 0 Å². The molecule has 0 saturated heterocycles. The van der Waals surface area contributed by atoms with Crippen LogP contribution in [0.25, 0.3) is 0 Å². The molecule has 0 aliphatic carbocycles. The number of nitrogens with zero attached hydrogens (tertiary/aromatic N) is 2. The number of hydrogen-bond donors (Lipinski definition) is 5. The highest BCUT2D eigenvalue weighted by molar-refractivity contribution is 5.92. The van der Waals surface area contributed by atoms with Gasteiger partial charge in [0.25, 0.3) is 0 Å². The number of aliphatic imine (C=N–C) groups is 1. The number of phenols is 1. The van der Waals surface area contributed by atoms with Gasteiger partial charge in [0.1, 0.15) is 17.8 Å². The van der Waals surface area contributed by atoms with Crippen LogP contribution in [0.3, 0.4) is 0 Å². The second-order valence-electron chi connectivity index (χ2n) is 7.14. The number of aromatic hydroxyl groups is 1. The molecule has 7 N–H and O–H groups in total. The molecule has 0 unspecified atom stereocenters. The van der Waals surface area contributed by atoms with Crippen LogP contribution in [0.2, 0.25) is 0 Å². The molecule has 0 radical (unpaired) electrons. The number of guanidine groups is 1. The molecular weight excluding hydrogens is 400 g/mol. The molecule has 1 aromatic rings. The average Bonchev–Trinajstić information content (AvgIpc) is 2.71. The number of amides is 3. The van der Waals surface area contributed by atoms with Crippen LogP contribution in [0.4, 0.5) is 0 Å². The summed E-state index contributed by atoms with van der Waals surface area (Å²) >= 11 is 0. The number of phenolic OH excluding ortho intramolecular Hbond substituents is 1. The van der Waals surface area contributed by atoms with Crippen molar-refractivity contribution in [3.8, 4) is 5.75 Å². The summed E-state index contributed by atoms with van der Waals surface area (Å²) in [5.41, 5.74) is 11.4. The van der Waals surface area contributed by atoms with Gasteiger partial charge in [-0.1, -0.05) is 12.1 Å². The molecule has 10 heteroatoms. The van der Waals surface area contributed by atoms with Gasteiger partial charge in [-0.05, 0) is 44.4 Å². The first-order valence-electron chi connectivity index (χ1n) is 10.4. The highest BCUT2D eigenvalue weighted by Crippen LogP contribution is 2.13. The summed E-state index contributed by atoms with van der Waals surface area (Å²) in [7, 11) is 0. The minimum Gasteiger partial charge on any atom is -0.508 e. The third-order valence-corrected chi connectivity index (χ3v) is 4.71. The van der Waals surface area contributed by atoms with Crippen molar-refractivity contribution in [1.29, 1.82) is 0 Å². The van der Waals surface area contributed by atoms with E-state index >= 15 is 0 Å². The van der Waals surface area contributed by atoms with Crippen molar-refractivity contribution in [3.05, 3.63) is 29.8 Å². The Hall–Kier alpha value is -3.30. The fourth-order valence-electron chi connectivity index (χ4n) is 3.11. The summed E-state index contributed by atoms with van der Waals surface area (Å²) in [5, 5.41) is 14.9. The number of carbonyl (C=O) groups is 3. The topological polar surface area (TPSA) is 163 Å². The Bertz CT molecular complexity index is 758. The Morgan fingerprint density at radius 3 is 2.19 bits per heavy atom. The van der Waals surface area contributed by atoms with Crippen molar-refractivity contribution >= 4 is 23.7 Å². The lowest BCUT2D eigenvalue weighted by molar-refractivity contribution is -0.137. The standard InChI is InChI=1S/C21H34N6O4/c1-4-27(5-2)20(31)18(13-15-8-10-16(29)11-9-15)26-19(30)17(25-14(3)28)7-6-12-24-21(22)23/h8-11,17-18,29H,4-7,12-13H2,1-3H3,(H,25,28)(H,26,30)(H4,22,23,24)/t17-,18-/m0/s1. The summed E-state index contributed by atoms with van der Waals surface area (Å²) in [6.45, 7) is 6.39. The molecule has 0 aliphatic rings. The van der Waals surface area contributed by atoms with E-state index < -0.39 is 18.0 Å².